The molecule has 2 aliphatic rings. The number of hydrogen-bond donors (Lipinski definition) is 3. The zero-order valence-corrected chi connectivity index (χ0v) is 31.8. The van der Waals surface area contributed by atoms with Crippen molar-refractivity contribution in [3.05, 3.63) is 120 Å². The third kappa shape index (κ3) is 8.88. The first-order valence-electron chi connectivity index (χ1n) is 18.0. The Morgan fingerprint density at radius 1 is 0.889 bits per heavy atom. The van der Waals surface area contributed by atoms with Crippen LogP contribution in [0.1, 0.15) is 64.5 Å². The Balaban J connectivity index is 1.37. The maximum atomic E-state index is 12.9. The van der Waals surface area contributed by atoms with E-state index in [0.717, 1.165) is 39.1 Å². The molecule has 0 radical (unpaired) electrons. The molecule has 3 N–H and O–H groups in total. The van der Waals surface area contributed by atoms with Crippen molar-refractivity contribution in [2.24, 2.45) is 0 Å². The molecule has 0 fully saturated rings. The summed E-state index contributed by atoms with van der Waals surface area (Å²) in [6, 6.07) is 18.8. The van der Waals surface area contributed by atoms with Gasteiger partial charge >= 0.3 is 11.9 Å². The van der Waals surface area contributed by atoms with Crippen LogP contribution in [0.3, 0.4) is 0 Å². The number of aliphatic carboxylic acids is 2. The lowest BCUT2D eigenvalue weighted by atomic mass is 9.79. The molecule has 3 aromatic carbocycles. The molecule has 0 spiro atoms. The lowest BCUT2D eigenvalue weighted by Gasteiger charge is -2.27. The van der Waals surface area contributed by atoms with E-state index >= 15 is 0 Å². The van der Waals surface area contributed by atoms with Crippen LogP contribution in [0.5, 0.6) is 0 Å². The number of nitrogens with zero attached hydrogens (tertiary/aromatic N) is 2. The van der Waals surface area contributed by atoms with Gasteiger partial charge in [0.1, 0.15) is 6.04 Å². The maximum absolute atomic E-state index is 12.9. The Bertz CT molecular complexity index is 2210. The van der Waals surface area contributed by atoms with Crippen LogP contribution < -0.4 is 10.2 Å². The molecule has 11 nitrogen and oxygen atoms in total. The van der Waals surface area contributed by atoms with Crippen molar-refractivity contribution in [1.29, 1.82) is 0 Å². The van der Waals surface area contributed by atoms with E-state index in [0.29, 0.717) is 19.4 Å². The van der Waals surface area contributed by atoms with Crippen molar-refractivity contribution in [3.8, 4) is 0 Å². The summed E-state index contributed by atoms with van der Waals surface area (Å²) in [5.74, 6) is -3.65. The van der Waals surface area contributed by atoms with Crippen LogP contribution in [0.15, 0.2) is 109 Å². The van der Waals surface area contributed by atoms with E-state index in [2.05, 4.69) is 72.8 Å². The van der Waals surface area contributed by atoms with Gasteiger partial charge in [0.15, 0.2) is 12.3 Å². The average Bonchev–Trinajstić information content (AvgIpc) is 3.46. The Hall–Kier alpha value is -5.33. The molecule has 0 aliphatic carbocycles. The first-order chi connectivity index (χ1) is 25.5. The molecule has 0 bridgehead atoms. The summed E-state index contributed by atoms with van der Waals surface area (Å²) in [6.07, 6.45) is 13.8. The molecular weight excluding hydrogens is 707 g/mol. The highest BCUT2D eigenvalue weighted by atomic mass is 32.2. The standard InChI is InChI=1S/C42H47N3O8S/c1-41(2)31-18-12-13-19-33(31)44(25-14-15-27-54(51,52)53)35(41)20-8-6-5-7-9-21-36-42(3,4)39-30-17-11-10-16-29(30)22-23-34(39)45(36)26-24-37(46)43-32(40(49)50)28-38(47)48/h5-13,16-23,32H,14-15,24-28H2,1-4H3,(H3-,43,46,47,48,49,50,51,52,53). The fraction of sp³-hybridized carbons (Fsp3) is 0.333. The average molecular weight is 754 g/mol. The Labute approximate surface area is 316 Å². The Morgan fingerprint density at radius 2 is 1.57 bits per heavy atom. The molecule has 0 aromatic heterocycles. The van der Waals surface area contributed by atoms with Gasteiger partial charge in [-0.3, -0.25) is 9.59 Å². The second kappa shape index (κ2) is 16.4. The number of carboxylic acid groups (broad SMARTS) is 2. The van der Waals surface area contributed by atoms with Gasteiger partial charge in [0.05, 0.1) is 28.4 Å². The number of carbonyl (C=O) groups excluding carboxylic acids is 1. The number of amides is 1. The van der Waals surface area contributed by atoms with Gasteiger partial charge in [-0.15, -0.1) is 0 Å². The molecule has 3 aromatic rings. The number of carboxylic acids is 2. The van der Waals surface area contributed by atoms with E-state index in [-0.39, 0.29) is 24.1 Å². The molecule has 1 unspecified atom stereocenters. The maximum Gasteiger partial charge on any atom is 0.326 e. The van der Waals surface area contributed by atoms with Gasteiger partial charge in [-0.1, -0.05) is 86.7 Å². The van der Waals surface area contributed by atoms with Gasteiger partial charge in [-0.2, -0.15) is 4.58 Å². The fourth-order valence-corrected chi connectivity index (χ4v) is 8.10. The van der Waals surface area contributed by atoms with Crippen molar-refractivity contribution in [2.75, 3.05) is 23.7 Å². The van der Waals surface area contributed by atoms with E-state index in [4.69, 9.17) is 5.11 Å². The molecule has 2 aliphatic heterocycles. The number of benzene rings is 3. The molecule has 2 heterocycles. The molecule has 0 saturated carbocycles. The van der Waals surface area contributed by atoms with Gasteiger partial charge in [0.2, 0.25) is 11.6 Å². The number of fused-ring (bicyclic) bond motifs is 4. The summed E-state index contributed by atoms with van der Waals surface area (Å²) in [5.41, 5.74) is 5.58. The Kier molecular flexibility index (Phi) is 12.1. The normalized spacial score (nSPS) is 17.6. The first kappa shape index (κ1) is 39.9. The minimum atomic E-state index is -4.26. The lowest BCUT2D eigenvalue weighted by molar-refractivity contribution is -0.436. The number of rotatable bonds is 16. The van der Waals surface area contributed by atoms with Gasteiger partial charge in [0, 0.05) is 46.8 Å². The second-order valence-corrected chi connectivity index (χ2v) is 16.1. The molecular formula is C42H47N3O8S. The van der Waals surface area contributed by atoms with Crippen LogP contribution >= 0.6 is 0 Å². The zero-order valence-electron chi connectivity index (χ0n) is 31.0. The summed E-state index contributed by atoms with van der Waals surface area (Å²) in [6.45, 7) is 9.41. The molecule has 0 saturated heterocycles. The molecule has 12 heteroatoms. The molecule has 54 heavy (non-hydrogen) atoms. The molecule has 1 amide bonds. The van der Waals surface area contributed by atoms with Crippen molar-refractivity contribution < 1.29 is 42.1 Å². The summed E-state index contributed by atoms with van der Waals surface area (Å²) < 4.78 is 35.5. The minimum absolute atomic E-state index is 0.0503. The zero-order chi connectivity index (χ0) is 39.3. The number of allylic oxidation sites excluding steroid dienone is 8. The third-order valence-electron chi connectivity index (χ3n) is 10.1. The highest BCUT2D eigenvalue weighted by Crippen LogP contribution is 2.48. The highest BCUT2D eigenvalue weighted by molar-refractivity contribution is 7.85. The number of carbonyl (C=O) groups is 3. The number of anilines is 1. The van der Waals surface area contributed by atoms with Crippen molar-refractivity contribution in [1.82, 2.24) is 5.32 Å². The highest BCUT2D eigenvalue weighted by Gasteiger charge is 2.45. The number of nitrogens with one attached hydrogen (secondary N) is 1. The lowest BCUT2D eigenvalue weighted by Crippen LogP contribution is -2.42. The predicted molar refractivity (Wildman–Crippen MR) is 209 cm³/mol. The van der Waals surface area contributed by atoms with Crippen LogP contribution in [0, 0.1) is 0 Å². The SMILES string of the molecule is CC1(C)C(/C=C/C=C/C=C/C=C2/N(CCCCS(=O)(=O)[O-])c3ccccc3C2(C)C)=[N+](CCC(=O)NC(CC(=O)O)C(=O)O)c2ccc3ccccc3c21. The van der Waals surface area contributed by atoms with Crippen molar-refractivity contribution >= 4 is 55.8 Å². The number of unbranched alkanes of at least 4 members (excludes halogenated alkanes) is 1. The molecule has 284 valence electrons. The van der Waals surface area contributed by atoms with Crippen LogP contribution in [-0.4, -0.2) is 76.2 Å². The van der Waals surface area contributed by atoms with Crippen LogP contribution in [0.25, 0.3) is 10.8 Å². The number of hydrogen-bond acceptors (Lipinski definition) is 7. The van der Waals surface area contributed by atoms with E-state index in [1.807, 2.05) is 72.9 Å². The monoisotopic (exact) mass is 753 g/mol. The first-order valence-corrected chi connectivity index (χ1v) is 19.5. The summed E-state index contributed by atoms with van der Waals surface area (Å²) in [5, 5.41) is 23.0. The van der Waals surface area contributed by atoms with Gasteiger partial charge in [-0.25, -0.2) is 13.2 Å². The Morgan fingerprint density at radius 3 is 2.30 bits per heavy atom. The predicted octanol–water partition coefficient (Wildman–Crippen LogP) is 6.33. The van der Waals surface area contributed by atoms with Crippen molar-refractivity contribution in [3.63, 3.8) is 0 Å². The molecule has 1 atom stereocenters. The second-order valence-electron chi connectivity index (χ2n) is 14.6. The van der Waals surface area contributed by atoms with E-state index in [1.165, 1.54) is 5.56 Å². The van der Waals surface area contributed by atoms with Gasteiger partial charge < -0.3 is 25.0 Å². The van der Waals surface area contributed by atoms with Gasteiger partial charge in [-0.05, 0) is 61.2 Å². The van der Waals surface area contributed by atoms with E-state index in [1.54, 1.807) is 0 Å². The van der Waals surface area contributed by atoms with Crippen LogP contribution in [-0.2, 0) is 35.3 Å². The van der Waals surface area contributed by atoms with Gasteiger partial charge in [0.25, 0.3) is 0 Å². The third-order valence-corrected chi connectivity index (χ3v) is 10.9. The summed E-state index contributed by atoms with van der Waals surface area (Å²) in [4.78, 5) is 37.8. The summed E-state index contributed by atoms with van der Waals surface area (Å²) >= 11 is 0. The van der Waals surface area contributed by atoms with Crippen LogP contribution in [0.4, 0.5) is 11.4 Å². The minimum Gasteiger partial charge on any atom is -0.748 e. The molecule has 5 rings (SSSR count). The quantitative estimate of drug-likeness (QED) is 0.0656. The largest absolute Gasteiger partial charge is 0.748 e. The smallest absolute Gasteiger partial charge is 0.326 e. The van der Waals surface area contributed by atoms with Crippen molar-refractivity contribution in [2.45, 2.75) is 70.3 Å². The topological polar surface area (TPSA) is 167 Å². The summed E-state index contributed by atoms with van der Waals surface area (Å²) in [7, 11) is -4.26. The fourth-order valence-electron chi connectivity index (χ4n) is 7.55. The van der Waals surface area contributed by atoms with E-state index < -0.39 is 45.8 Å². The number of para-hydroxylation sites is 1. The van der Waals surface area contributed by atoms with Crippen LogP contribution in [0.2, 0.25) is 0 Å². The van der Waals surface area contributed by atoms with E-state index in [9.17, 15) is 32.5 Å².